The highest BCUT2D eigenvalue weighted by atomic mass is 19.1. The number of hydrogen-bond acceptors (Lipinski definition) is 3. The molecule has 3 nitrogen and oxygen atoms in total. The Bertz CT molecular complexity index is 304. The number of methoxy groups -OCH3 is 1. The summed E-state index contributed by atoms with van der Waals surface area (Å²) in [5, 5.41) is 8.81. The van der Waals surface area contributed by atoms with E-state index < -0.39 is 11.9 Å². The molecule has 78 valence electrons. The third kappa shape index (κ3) is 2.51. The van der Waals surface area contributed by atoms with Crippen LogP contribution in [0.1, 0.15) is 17.2 Å². The third-order valence-corrected chi connectivity index (χ3v) is 1.97. The summed E-state index contributed by atoms with van der Waals surface area (Å²) >= 11 is 0. The summed E-state index contributed by atoms with van der Waals surface area (Å²) in [6.45, 7) is 0.138. The highest BCUT2D eigenvalue weighted by Crippen LogP contribution is 2.17. The summed E-state index contributed by atoms with van der Waals surface area (Å²) < 4.78 is 18.1. The molecule has 0 aliphatic rings. The van der Waals surface area contributed by atoms with Crippen LogP contribution in [0.5, 0.6) is 0 Å². The van der Waals surface area contributed by atoms with Crippen molar-refractivity contribution in [3.8, 4) is 0 Å². The van der Waals surface area contributed by atoms with Crippen molar-refractivity contribution in [2.24, 2.45) is 5.73 Å². The molecule has 1 aromatic rings. The molecule has 1 atom stereocenters. The summed E-state index contributed by atoms with van der Waals surface area (Å²) in [6.07, 6.45) is 0. The van der Waals surface area contributed by atoms with Crippen molar-refractivity contribution in [3.63, 3.8) is 0 Å². The van der Waals surface area contributed by atoms with Gasteiger partial charge in [-0.1, -0.05) is 6.07 Å². The summed E-state index contributed by atoms with van der Waals surface area (Å²) in [5.41, 5.74) is 6.69. The minimum atomic E-state index is -0.674. The number of nitrogens with two attached hydrogens (primary N) is 1. The predicted molar refractivity (Wildman–Crippen MR) is 51.1 cm³/mol. The topological polar surface area (TPSA) is 55.5 Å². The quantitative estimate of drug-likeness (QED) is 0.759. The molecule has 0 aliphatic heterocycles. The fraction of sp³-hybridized carbons (Fsp3) is 0.400. The number of aliphatic hydroxyl groups excluding tert-OH is 1. The molecular weight excluding hydrogens is 185 g/mol. The van der Waals surface area contributed by atoms with Gasteiger partial charge in [0.1, 0.15) is 5.82 Å². The number of rotatable bonds is 4. The van der Waals surface area contributed by atoms with Crippen LogP contribution >= 0.6 is 0 Å². The molecule has 0 heterocycles. The SMILES string of the molecule is COCc1ccc(F)c(C(N)CO)c1. The van der Waals surface area contributed by atoms with Crippen LogP contribution in [0.4, 0.5) is 4.39 Å². The number of hydrogen-bond donors (Lipinski definition) is 2. The van der Waals surface area contributed by atoms with Crippen LogP contribution < -0.4 is 5.73 Å². The van der Waals surface area contributed by atoms with Crippen LogP contribution in [0.15, 0.2) is 18.2 Å². The van der Waals surface area contributed by atoms with Gasteiger partial charge in [-0.25, -0.2) is 4.39 Å². The Labute approximate surface area is 82.3 Å². The van der Waals surface area contributed by atoms with Gasteiger partial charge in [-0.3, -0.25) is 0 Å². The highest BCUT2D eigenvalue weighted by molar-refractivity contribution is 5.27. The fourth-order valence-electron chi connectivity index (χ4n) is 1.23. The monoisotopic (exact) mass is 199 g/mol. The lowest BCUT2D eigenvalue weighted by molar-refractivity contribution is 0.184. The molecule has 14 heavy (non-hydrogen) atoms. The van der Waals surface area contributed by atoms with Crippen LogP contribution in [0.25, 0.3) is 0 Å². The van der Waals surface area contributed by atoms with Crippen LogP contribution in [0, 0.1) is 5.82 Å². The van der Waals surface area contributed by atoms with E-state index in [0.717, 1.165) is 5.56 Å². The Kier molecular flexibility index (Phi) is 4.00. The van der Waals surface area contributed by atoms with Gasteiger partial charge in [-0.15, -0.1) is 0 Å². The van der Waals surface area contributed by atoms with Crippen molar-refractivity contribution in [1.29, 1.82) is 0 Å². The molecule has 0 aliphatic carbocycles. The lowest BCUT2D eigenvalue weighted by Crippen LogP contribution is -2.16. The molecule has 0 aromatic heterocycles. The van der Waals surface area contributed by atoms with Crippen molar-refractivity contribution in [3.05, 3.63) is 35.1 Å². The summed E-state index contributed by atoms with van der Waals surface area (Å²) in [6, 6.07) is 3.90. The predicted octanol–water partition coefficient (Wildman–Crippen LogP) is 0.964. The van der Waals surface area contributed by atoms with Crippen LogP contribution in [-0.4, -0.2) is 18.8 Å². The van der Waals surface area contributed by atoms with E-state index >= 15 is 0 Å². The van der Waals surface area contributed by atoms with Gasteiger partial charge in [0, 0.05) is 12.7 Å². The fourth-order valence-corrected chi connectivity index (χ4v) is 1.23. The van der Waals surface area contributed by atoms with E-state index in [1.807, 2.05) is 0 Å². The van der Waals surface area contributed by atoms with E-state index in [1.165, 1.54) is 6.07 Å². The Morgan fingerprint density at radius 3 is 2.86 bits per heavy atom. The third-order valence-electron chi connectivity index (χ3n) is 1.97. The minimum absolute atomic E-state index is 0.270. The average Bonchev–Trinajstić information content (AvgIpc) is 2.20. The lowest BCUT2D eigenvalue weighted by atomic mass is 10.0. The molecular formula is C10H14FNO2. The molecule has 4 heteroatoms. The maximum absolute atomic E-state index is 13.2. The van der Waals surface area contributed by atoms with Gasteiger partial charge < -0.3 is 15.6 Å². The maximum atomic E-state index is 13.2. The van der Waals surface area contributed by atoms with Crippen LogP contribution in [-0.2, 0) is 11.3 Å². The number of halogens is 1. The van der Waals surface area contributed by atoms with Gasteiger partial charge in [0.25, 0.3) is 0 Å². The summed E-state index contributed by atoms with van der Waals surface area (Å²) in [4.78, 5) is 0. The smallest absolute Gasteiger partial charge is 0.128 e. The molecule has 1 unspecified atom stereocenters. The zero-order valence-corrected chi connectivity index (χ0v) is 8.03. The standard InChI is InChI=1S/C10H14FNO2/c1-14-6-7-2-3-9(11)8(4-7)10(12)5-13/h2-4,10,13H,5-6,12H2,1H3. The second kappa shape index (κ2) is 5.05. The van der Waals surface area contributed by atoms with E-state index in [1.54, 1.807) is 19.2 Å². The Balaban J connectivity index is 2.95. The van der Waals surface area contributed by atoms with E-state index in [-0.39, 0.29) is 6.61 Å². The summed E-state index contributed by atoms with van der Waals surface area (Å²) in [7, 11) is 1.56. The van der Waals surface area contributed by atoms with E-state index in [9.17, 15) is 4.39 Å². The minimum Gasteiger partial charge on any atom is -0.394 e. The van der Waals surface area contributed by atoms with Crippen molar-refractivity contribution in [2.75, 3.05) is 13.7 Å². The zero-order valence-electron chi connectivity index (χ0n) is 8.03. The average molecular weight is 199 g/mol. The number of benzene rings is 1. The van der Waals surface area contributed by atoms with Gasteiger partial charge >= 0.3 is 0 Å². The lowest BCUT2D eigenvalue weighted by Gasteiger charge is -2.11. The number of ether oxygens (including phenoxy) is 1. The van der Waals surface area contributed by atoms with Crippen molar-refractivity contribution >= 4 is 0 Å². The number of aliphatic hydroxyl groups is 1. The molecule has 0 amide bonds. The van der Waals surface area contributed by atoms with Gasteiger partial charge in [0.15, 0.2) is 0 Å². The Hall–Kier alpha value is -0.970. The molecule has 0 spiro atoms. The first-order valence-electron chi connectivity index (χ1n) is 4.32. The molecule has 0 saturated heterocycles. The highest BCUT2D eigenvalue weighted by Gasteiger charge is 2.10. The zero-order chi connectivity index (χ0) is 10.6. The first-order chi connectivity index (χ1) is 6.69. The second-order valence-corrected chi connectivity index (χ2v) is 3.08. The second-order valence-electron chi connectivity index (χ2n) is 3.08. The largest absolute Gasteiger partial charge is 0.394 e. The van der Waals surface area contributed by atoms with E-state index in [2.05, 4.69) is 0 Å². The van der Waals surface area contributed by atoms with E-state index in [4.69, 9.17) is 15.6 Å². The maximum Gasteiger partial charge on any atom is 0.128 e. The van der Waals surface area contributed by atoms with E-state index in [0.29, 0.717) is 12.2 Å². The van der Waals surface area contributed by atoms with Gasteiger partial charge in [0.05, 0.1) is 19.3 Å². The molecule has 0 saturated carbocycles. The first-order valence-corrected chi connectivity index (χ1v) is 4.32. The molecule has 0 fully saturated rings. The molecule has 1 aromatic carbocycles. The Morgan fingerprint density at radius 1 is 1.57 bits per heavy atom. The van der Waals surface area contributed by atoms with Crippen molar-refractivity contribution < 1.29 is 14.2 Å². The molecule has 1 rings (SSSR count). The first kappa shape index (κ1) is 11.1. The molecule has 3 N–H and O–H groups in total. The van der Waals surface area contributed by atoms with Crippen LogP contribution in [0.3, 0.4) is 0 Å². The van der Waals surface area contributed by atoms with Crippen molar-refractivity contribution in [1.82, 2.24) is 0 Å². The van der Waals surface area contributed by atoms with Gasteiger partial charge in [-0.05, 0) is 17.7 Å². The van der Waals surface area contributed by atoms with Crippen molar-refractivity contribution in [2.45, 2.75) is 12.6 Å². The van der Waals surface area contributed by atoms with Gasteiger partial charge in [-0.2, -0.15) is 0 Å². The molecule has 0 bridgehead atoms. The molecule has 0 radical (unpaired) electrons. The normalized spacial score (nSPS) is 12.9. The summed E-state index contributed by atoms with van der Waals surface area (Å²) in [5.74, 6) is -0.397. The Morgan fingerprint density at radius 2 is 2.29 bits per heavy atom. The van der Waals surface area contributed by atoms with Crippen LogP contribution in [0.2, 0.25) is 0 Å². The van der Waals surface area contributed by atoms with Gasteiger partial charge in [0.2, 0.25) is 0 Å².